The van der Waals surface area contributed by atoms with E-state index in [9.17, 15) is 13.6 Å². The van der Waals surface area contributed by atoms with Gasteiger partial charge in [-0.15, -0.1) is 11.3 Å². The van der Waals surface area contributed by atoms with Gasteiger partial charge in [-0.25, -0.2) is 8.78 Å². The summed E-state index contributed by atoms with van der Waals surface area (Å²) in [6.07, 6.45) is 0. The summed E-state index contributed by atoms with van der Waals surface area (Å²) < 4.78 is 26.6. The molecule has 17 heavy (non-hydrogen) atoms. The van der Waals surface area contributed by atoms with Crippen molar-refractivity contribution in [3.05, 3.63) is 55.7 Å². The number of hydrogen-bond donors (Lipinski definition) is 0. The van der Waals surface area contributed by atoms with Crippen molar-refractivity contribution in [1.82, 2.24) is 0 Å². The third-order valence-electron chi connectivity index (χ3n) is 2.31. The van der Waals surface area contributed by atoms with E-state index in [1.807, 2.05) is 6.92 Å². The lowest BCUT2D eigenvalue weighted by Gasteiger charge is -2.00. The molecule has 0 bridgehead atoms. The Hall–Kier alpha value is -1.07. The van der Waals surface area contributed by atoms with Gasteiger partial charge in [0.05, 0.1) is 3.79 Å². The molecule has 1 aromatic carbocycles. The number of hydrogen-bond acceptors (Lipinski definition) is 2. The first kappa shape index (κ1) is 12.4. The molecule has 0 aliphatic heterocycles. The predicted molar refractivity (Wildman–Crippen MR) is 66.5 cm³/mol. The molecular weight excluding hydrogens is 310 g/mol. The molecule has 0 radical (unpaired) electrons. The van der Waals surface area contributed by atoms with E-state index in [1.54, 1.807) is 6.07 Å². The molecule has 0 fully saturated rings. The maximum Gasteiger partial charge on any atom is 0.194 e. The number of carbonyl (C=O) groups is 1. The van der Waals surface area contributed by atoms with Crippen LogP contribution in [0.2, 0.25) is 0 Å². The number of carbonyl (C=O) groups excluding carboxylic acids is 1. The van der Waals surface area contributed by atoms with Crippen molar-refractivity contribution >= 4 is 33.0 Å². The van der Waals surface area contributed by atoms with Crippen LogP contribution < -0.4 is 0 Å². The highest BCUT2D eigenvalue weighted by Crippen LogP contribution is 2.28. The molecule has 0 atom stereocenters. The van der Waals surface area contributed by atoms with Crippen molar-refractivity contribution in [2.75, 3.05) is 0 Å². The Balaban J connectivity index is 2.44. The number of thiophene rings is 1. The Morgan fingerprint density at radius 2 is 1.94 bits per heavy atom. The van der Waals surface area contributed by atoms with Gasteiger partial charge in [-0.2, -0.15) is 0 Å². The first-order chi connectivity index (χ1) is 7.99. The second-order valence-corrected chi connectivity index (χ2v) is 6.11. The fourth-order valence-electron chi connectivity index (χ4n) is 1.46. The molecule has 88 valence electrons. The first-order valence-electron chi connectivity index (χ1n) is 4.74. The summed E-state index contributed by atoms with van der Waals surface area (Å²) >= 11 is 4.71. The lowest BCUT2D eigenvalue weighted by molar-refractivity contribution is 0.103. The van der Waals surface area contributed by atoms with E-state index in [2.05, 4.69) is 15.9 Å². The summed E-state index contributed by atoms with van der Waals surface area (Å²) in [5.74, 6) is -2.27. The minimum Gasteiger partial charge on any atom is -0.289 e. The lowest BCUT2D eigenvalue weighted by Crippen LogP contribution is -2.02. The number of halogens is 3. The van der Waals surface area contributed by atoms with E-state index >= 15 is 0 Å². The van der Waals surface area contributed by atoms with Gasteiger partial charge < -0.3 is 0 Å². The molecule has 1 heterocycles. The van der Waals surface area contributed by atoms with Crippen LogP contribution in [-0.4, -0.2) is 5.78 Å². The molecule has 0 unspecified atom stereocenters. The molecule has 1 aromatic heterocycles. The van der Waals surface area contributed by atoms with E-state index in [-0.39, 0.29) is 11.3 Å². The highest BCUT2D eigenvalue weighted by molar-refractivity contribution is 9.11. The van der Waals surface area contributed by atoms with Gasteiger partial charge in [-0.1, -0.05) is 0 Å². The summed E-state index contributed by atoms with van der Waals surface area (Å²) in [4.78, 5) is 12.9. The van der Waals surface area contributed by atoms with Gasteiger partial charge in [0.25, 0.3) is 0 Å². The van der Waals surface area contributed by atoms with E-state index in [0.29, 0.717) is 5.56 Å². The topological polar surface area (TPSA) is 17.1 Å². The van der Waals surface area contributed by atoms with Gasteiger partial charge in [0.15, 0.2) is 17.4 Å². The van der Waals surface area contributed by atoms with Crippen LogP contribution in [0.25, 0.3) is 0 Å². The minimum atomic E-state index is -1.01. The van der Waals surface area contributed by atoms with E-state index in [0.717, 1.165) is 20.8 Å². The molecule has 0 spiro atoms. The number of aryl methyl sites for hydroxylation is 1. The van der Waals surface area contributed by atoms with Gasteiger partial charge in [-0.3, -0.25) is 4.79 Å². The maximum absolute atomic E-state index is 13.0. The summed E-state index contributed by atoms with van der Waals surface area (Å²) in [6.45, 7) is 1.81. The van der Waals surface area contributed by atoms with Crippen LogP contribution in [0.4, 0.5) is 8.78 Å². The average Bonchev–Trinajstić information content (AvgIpc) is 2.61. The molecule has 0 N–H and O–H groups in total. The molecule has 0 saturated heterocycles. The summed E-state index contributed by atoms with van der Waals surface area (Å²) in [5, 5.41) is 0. The second kappa shape index (κ2) is 4.66. The fraction of sp³-hybridized carbons (Fsp3) is 0.0833. The van der Waals surface area contributed by atoms with Crippen molar-refractivity contribution in [3.8, 4) is 0 Å². The van der Waals surface area contributed by atoms with E-state index < -0.39 is 11.6 Å². The quantitative estimate of drug-likeness (QED) is 0.754. The largest absolute Gasteiger partial charge is 0.289 e. The number of benzene rings is 1. The van der Waals surface area contributed by atoms with Crippen LogP contribution in [0.15, 0.2) is 28.1 Å². The summed E-state index contributed by atoms with van der Waals surface area (Å²) in [5.41, 5.74) is 0.658. The molecule has 0 amide bonds. The Bertz CT molecular complexity index is 592. The third-order valence-corrected chi connectivity index (χ3v) is 3.87. The van der Waals surface area contributed by atoms with Gasteiger partial charge in [-0.05, 0) is 47.1 Å². The minimum absolute atomic E-state index is 0.150. The zero-order valence-corrected chi connectivity index (χ0v) is 11.2. The van der Waals surface area contributed by atoms with Crippen molar-refractivity contribution in [3.63, 3.8) is 0 Å². The second-order valence-electron chi connectivity index (χ2n) is 3.48. The van der Waals surface area contributed by atoms with Gasteiger partial charge in [0, 0.05) is 16.0 Å². The molecule has 1 nitrogen and oxygen atoms in total. The Labute approximate surface area is 109 Å². The highest BCUT2D eigenvalue weighted by Gasteiger charge is 2.16. The van der Waals surface area contributed by atoms with E-state index in [1.165, 1.54) is 17.4 Å². The third kappa shape index (κ3) is 2.45. The van der Waals surface area contributed by atoms with Crippen LogP contribution in [0.1, 0.15) is 20.8 Å². The molecule has 0 aliphatic rings. The van der Waals surface area contributed by atoms with Gasteiger partial charge in [0.2, 0.25) is 0 Å². The normalized spacial score (nSPS) is 10.6. The number of rotatable bonds is 2. The Morgan fingerprint density at radius 1 is 1.24 bits per heavy atom. The Kier molecular flexibility index (Phi) is 3.40. The summed E-state index contributed by atoms with van der Waals surface area (Å²) in [7, 11) is 0. The lowest BCUT2D eigenvalue weighted by atomic mass is 10.0. The van der Waals surface area contributed by atoms with Crippen LogP contribution in [0.3, 0.4) is 0 Å². The van der Waals surface area contributed by atoms with Gasteiger partial charge in [0.1, 0.15) is 0 Å². The standard InChI is InChI=1S/C12H7BrF2OS/c1-6-8(5-11(13)17-6)12(16)7-2-3-9(14)10(15)4-7/h2-5H,1H3. The monoisotopic (exact) mass is 316 g/mol. The van der Waals surface area contributed by atoms with Crippen molar-refractivity contribution in [1.29, 1.82) is 0 Å². The molecule has 0 saturated carbocycles. The molecule has 0 aliphatic carbocycles. The Morgan fingerprint density at radius 3 is 2.47 bits per heavy atom. The van der Waals surface area contributed by atoms with E-state index in [4.69, 9.17) is 0 Å². The van der Waals surface area contributed by atoms with Crippen molar-refractivity contribution in [2.24, 2.45) is 0 Å². The average molecular weight is 317 g/mol. The van der Waals surface area contributed by atoms with Crippen LogP contribution in [0, 0.1) is 18.6 Å². The van der Waals surface area contributed by atoms with Crippen LogP contribution in [0.5, 0.6) is 0 Å². The predicted octanol–water partition coefficient (Wildman–Crippen LogP) is 4.33. The summed E-state index contributed by atoms with van der Waals surface area (Å²) in [6, 6.07) is 4.84. The first-order valence-corrected chi connectivity index (χ1v) is 6.35. The smallest absolute Gasteiger partial charge is 0.194 e. The maximum atomic E-state index is 13.0. The molecular formula is C12H7BrF2OS. The SMILES string of the molecule is Cc1sc(Br)cc1C(=O)c1ccc(F)c(F)c1. The highest BCUT2D eigenvalue weighted by atomic mass is 79.9. The fourth-order valence-corrected chi connectivity index (χ4v) is 3.15. The molecule has 2 aromatic rings. The number of ketones is 1. The van der Waals surface area contributed by atoms with Gasteiger partial charge >= 0.3 is 0 Å². The van der Waals surface area contributed by atoms with Crippen LogP contribution in [-0.2, 0) is 0 Å². The zero-order chi connectivity index (χ0) is 12.6. The van der Waals surface area contributed by atoms with Crippen LogP contribution >= 0.6 is 27.3 Å². The molecule has 5 heteroatoms. The van der Waals surface area contributed by atoms with Crippen molar-refractivity contribution in [2.45, 2.75) is 6.92 Å². The zero-order valence-electron chi connectivity index (χ0n) is 8.76. The molecule has 2 rings (SSSR count). The van der Waals surface area contributed by atoms with Crippen molar-refractivity contribution < 1.29 is 13.6 Å².